The smallest absolute Gasteiger partial charge is 0.339 e. The van der Waals surface area contributed by atoms with E-state index in [4.69, 9.17) is 4.74 Å². The largest absolute Gasteiger partial charge is 0.465 e. The number of nitrogens with zero attached hydrogens (tertiary/aromatic N) is 1. The number of nitrogens with one attached hydrogen (secondary N) is 1. The number of sulfonamides is 1. The van der Waals surface area contributed by atoms with Gasteiger partial charge in [0, 0.05) is 16.4 Å². The van der Waals surface area contributed by atoms with Crippen LogP contribution in [0.5, 0.6) is 0 Å². The van der Waals surface area contributed by atoms with Crippen LogP contribution in [0.2, 0.25) is 0 Å². The minimum absolute atomic E-state index is 0.0550. The van der Waals surface area contributed by atoms with Gasteiger partial charge in [-0.05, 0) is 54.1 Å². The first kappa shape index (κ1) is 20.8. The van der Waals surface area contributed by atoms with E-state index in [2.05, 4.69) is 25.6 Å². The SMILES string of the molecule is COC(=O)c1cc(Br)ccc1S(=O)(=O)Nc1cccc(/C=C/c2ccccn2)c1. The van der Waals surface area contributed by atoms with E-state index < -0.39 is 16.0 Å². The van der Waals surface area contributed by atoms with Crippen molar-refractivity contribution in [1.29, 1.82) is 0 Å². The molecule has 0 radical (unpaired) electrons. The van der Waals surface area contributed by atoms with Gasteiger partial charge in [0.05, 0.1) is 18.4 Å². The first-order valence-electron chi connectivity index (χ1n) is 8.49. The van der Waals surface area contributed by atoms with Crippen LogP contribution in [0.4, 0.5) is 5.69 Å². The van der Waals surface area contributed by atoms with Crippen LogP contribution in [0.25, 0.3) is 12.2 Å². The van der Waals surface area contributed by atoms with Gasteiger partial charge in [-0.15, -0.1) is 0 Å². The second-order valence-electron chi connectivity index (χ2n) is 5.95. The summed E-state index contributed by atoms with van der Waals surface area (Å²) < 4.78 is 33.5. The molecule has 0 unspecified atom stereocenters. The van der Waals surface area contributed by atoms with Gasteiger partial charge >= 0.3 is 5.97 Å². The molecule has 0 aliphatic carbocycles. The highest BCUT2D eigenvalue weighted by Gasteiger charge is 2.23. The van der Waals surface area contributed by atoms with E-state index >= 15 is 0 Å². The lowest BCUT2D eigenvalue weighted by atomic mass is 10.2. The minimum Gasteiger partial charge on any atom is -0.465 e. The normalized spacial score (nSPS) is 11.4. The van der Waals surface area contributed by atoms with Crippen molar-refractivity contribution >= 4 is 49.8 Å². The minimum atomic E-state index is -4.01. The Kier molecular flexibility index (Phi) is 6.46. The summed E-state index contributed by atoms with van der Waals surface area (Å²) in [6.07, 6.45) is 5.36. The fourth-order valence-corrected chi connectivity index (χ4v) is 4.17. The number of pyridine rings is 1. The molecular formula is C21H17BrN2O4S. The maximum Gasteiger partial charge on any atom is 0.339 e. The zero-order chi connectivity index (χ0) is 20.9. The number of carbonyl (C=O) groups excluding carboxylic acids is 1. The predicted octanol–water partition coefficient (Wildman–Crippen LogP) is 4.60. The van der Waals surface area contributed by atoms with Gasteiger partial charge in [0.2, 0.25) is 0 Å². The quantitative estimate of drug-likeness (QED) is 0.529. The molecule has 0 fully saturated rings. The summed E-state index contributed by atoms with van der Waals surface area (Å²) in [7, 11) is -2.81. The maximum atomic E-state index is 12.9. The first-order chi connectivity index (χ1) is 13.9. The number of methoxy groups -OCH3 is 1. The van der Waals surface area contributed by atoms with Crippen molar-refractivity contribution in [2.75, 3.05) is 11.8 Å². The number of anilines is 1. The van der Waals surface area contributed by atoms with E-state index in [-0.39, 0.29) is 10.5 Å². The van der Waals surface area contributed by atoms with E-state index in [1.54, 1.807) is 30.5 Å². The van der Waals surface area contributed by atoms with Crippen molar-refractivity contribution in [3.05, 3.63) is 88.2 Å². The summed E-state index contributed by atoms with van der Waals surface area (Å²) >= 11 is 3.24. The van der Waals surface area contributed by atoms with Crippen molar-refractivity contribution in [1.82, 2.24) is 4.98 Å². The van der Waals surface area contributed by atoms with Gasteiger partial charge < -0.3 is 4.74 Å². The molecule has 0 aliphatic heterocycles. The average molecular weight is 473 g/mol. The molecule has 1 N–H and O–H groups in total. The highest BCUT2D eigenvalue weighted by molar-refractivity contribution is 9.10. The van der Waals surface area contributed by atoms with Crippen LogP contribution < -0.4 is 4.72 Å². The number of hydrogen-bond acceptors (Lipinski definition) is 5. The monoisotopic (exact) mass is 472 g/mol. The summed E-state index contributed by atoms with van der Waals surface area (Å²) in [5.74, 6) is -0.737. The van der Waals surface area contributed by atoms with Crippen LogP contribution in [0.1, 0.15) is 21.6 Å². The highest BCUT2D eigenvalue weighted by atomic mass is 79.9. The molecule has 0 atom stereocenters. The van der Waals surface area contributed by atoms with Gasteiger partial charge in [-0.1, -0.05) is 40.2 Å². The van der Waals surface area contributed by atoms with Crippen LogP contribution in [0.15, 0.2) is 76.2 Å². The molecule has 0 aliphatic rings. The third-order valence-corrected chi connectivity index (χ3v) is 5.84. The van der Waals surface area contributed by atoms with Crippen molar-refractivity contribution in [3.63, 3.8) is 0 Å². The Hall–Kier alpha value is -2.97. The molecule has 3 rings (SSSR count). The number of aromatic nitrogens is 1. The predicted molar refractivity (Wildman–Crippen MR) is 116 cm³/mol. The van der Waals surface area contributed by atoms with Crippen molar-refractivity contribution in [3.8, 4) is 0 Å². The second-order valence-corrected chi connectivity index (χ2v) is 8.52. The van der Waals surface area contributed by atoms with Gasteiger partial charge in [-0.3, -0.25) is 9.71 Å². The lowest BCUT2D eigenvalue weighted by Gasteiger charge is -2.12. The topological polar surface area (TPSA) is 85.4 Å². The van der Waals surface area contributed by atoms with Gasteiger partial charge in [0.1, 0.15) is 4.90 Å². The Morgan fingerprint density at radius 1 is 1.07 bits per heavy atom. The average Bonchev–Trinajstić information content (AvgIpc) is 2.72. The molecule has 1 aromatic heterocycles. The van der Waals surface area contributed by atoms with Crippen molar-refractivity contribution < 1.29 is 17.9 Å². The number of esters is 1. The molecule has 6 nitrogen and oxygen atoms in total. The Labute approximate surface area is 177 Å². The molecule has 0 spiro atoms. The summed E-state index contributed by atoms with van der Waals surface area (Å²) in [4.78, 5) is 16.1. The zero-order valence-corrected chi connectivity index (χ0v) is 17.8. The maximum absolute atomic E-state index is 12.9. The van der Waals surface area contributed by atoms with E-state index in [9.17, 15) is 13.2 Å². The molecule has 0 bridgehead atoms. The van der Waals surface area contributed by atoms with Crippen LogP contribution in [0.3, 0.4) is 0 Å². The third kappa shape index (κ3) is 5.30. The van der Waals surface area contributed by atoms with E-state index in [1.165, 1.54) is 19.2 Å². The molecule has 29 heavy (non-hydrogen) atoms. The summed E-state index contributed by atoms with van der Waals surface area (Å²) in [5, 5.41) is 0. The molecule has 0 saturated heterocycles. The molecule has 1 heterocycles. The lowest BCUT2D eigenvalue weighted by molar-refractivity contribution is 0.0596. The van der Waals surface area contributed by atoms with E-state index in [0.29, 0.717) is 10.2 Å². The number of hydrogen-bond donors (Lipinski definition) is 1. The number of halogens is 1. The number of ether oxygens (including phenoxy) is 1. The fraction of sp³-hybridized carbons (Fsp3) is 0.0476. The highest BCUT2D eigenvalue weighted by Crippen LogP contribution is 2.24. The molecule has 2 aromatic carbocycles. The molecular weight excluding hydrogens is 456 g/mol. The summed E-state index contributed by atoms with van der Waals surface area (Å²) in [6, 6.07) is 16.8. The number of carbonyl (C=O) groups is 1. The van der Waals surface area contributed by atoms with Gasteiger partial charge in [-0.25, -0.2) is 13.2 Å². The summed E-state index contributed by atoms with van der Waals surface area (Å²) in [5.41, 5.74) is 1.89. The molecule has 3 aromatic rings. The Balaban J connectivity index is 1.88. The molecule has 0 amide bonds. The van der Waals surface area contributed by atoms with E-state index in [1.807, 2.05) is 36.4 Å². The third-order valence-electron chi connectivity index (χ3n) is 3.91. The molecule has 148 valence electrons. The van der Waals surface area contributed by atoms with Crippen molar-refractivity contribution in [2.24, 2.45) is 0 Å². The summed E-state index contributed by atoms with van der Waals surface area (Å²) in [6.45, 7) is 0. The van der Waals surface area contributed by atoms with Crippen LogP contribution >= 0.6 is 15.9 Å². The molecule has 8 heteroatoms. The van der Waals surface area contributed by atoms with Gasteiger partial charge in [0.25, 0.3) is 10.0 Å². The Morgan fingerprint density at radius 2 is 1.90 bits per heavy atom. The van der Waals surface area contributed by atoms with Crippen molar-refractivity contribution in [2.45, 2.75) is 4.90 Å². The van der Waals surface area contributed by atoms with Crippen LogP contribution in [0, 0.1) is 0 Å². The Bertz CT molecular complexity index is 1160. The number of benzene rings is 2. The number of rotatable bonds is 6. The zero-order valence-electron chi connectivity index (χ0n) is 15.4. The standard InChI is InChI=1S/C21H17BrN2O4S/c1-28-21(25)19-14-16(22)9-11-20(19)29(26,27)24-18-7-4-5-15(13-18)8-10-17-6-2-3-12-23-17/h2-14,24H,1H3/b10-8+. The van der Waals surface area contributed by atoms with Gasteiger partial charge in [0.15, 0.2) is 0 Å². The Morgan fingerprint density at radius 3 is 2.62 bits per heavy atom. The fourth-order valence-electron chi connectivity index (χ4n) is 2.58. The first-order valence-corrected chi connectivity index (χ1v) is 10.8. The van der Waals surface area contributed by atoms with E-state index in [0.717, 1.165) is 11.3 Å². The second kappa shape index (κ2) is 9.02. The van der Waals surface area contributed by atoms with Crippen LogP contribution in [-0.4, -0.2) is 26.5 Å². The molecule has 0 saturated carbocycles. The van der Waals surface area contributed by atoms with Crippen LogP contribution in [-0.2, 0) is 14.8 Å². The van der Waals surface area contributed by atoms with Gasteiger partial charge in [-0.2, -0.15) is 0 Å². The lowest BCUT2D eigenvalue weighted by Crippen LogP contribution is -2.17.